The summed E-state index contributed by atoms with van der Waals surface area (Å²) in [6.45, 7) is 6.61. The zero-order chi connectivity index (χ0) is 10.3. The van der Waals surface area contributed by atoms with Crippen molar-refractivity contribution in [1.82, 2.24) is 15.0 Å². The molecule has 74 valence electrons. The quantitative estimate of drug-likeness (QED) is 0.636. The molecule has 0 atom stereocenters. The van der Waals surface area contributed by atoms with Crippen molar-refractivity contribution in [3.05, 3.63) is 23.8 Å². The number of hydrogen-bond donors (Lipinski definition) is 0. The Morgan fingerprint density at radius 1 is 1.21 bits per heavy atom. The van der Waals surface area contributed by atoms with Crippen LogP contribution in [0.25, 0.3) is 11.0 Å². The van der Waals surface area contributed by atoms with E-state index in [-0.39, 0.29) is 5.41 Å². The summed E-state index contributed by atoms with van der Waals surface area (Å²) in [5.41, 5.74) is 3.54. The number of aromatic nitrogens is 3. The van der Waals surface area contributed by atoms with E-state index in [0.717, 1.165) is 11.0 Å². The molecule has 1 aromatic carbocycles. The van der Waals surface area contributed by atoms with E-state index in [1.807, 2.05) is 23.9 Å². The number of hydrogen-bond acceptors (Lipinski definition) is 2. The fourth-order valence-electron chi connectivity index (χ4n) is 1.72. The van der Waals surface area contributed by atoms with Gasteiger partial charge in [0.2, 0.25) is 0 Å². The predicted octanol–water partition coefficient (Wildman–Crippen LogP) is 2.27. The molecule has 0 fully saturated rings. The molecule has 14 heavy (non-hydrogen) atoms. The largest absolute Gasteiger partial charge is 0.247 e. The number of aryl methyl sites for hydroxylation is 1. The fraction of sp³-hybridized carbons (Fsp3) is 0.455. The molecule has 0 radical (unpaired) electrons. The Morgan fingerprint density at radius 3 is 2.57 bits per heavy atom. The maximum absolute atomic E-state index is 4.11. The van der Waals surface area contributed by atoms with Gasteiger partial charge in [0.1, 0.15) is 5.52 Å². The van der Waals surface area contributed by atoms with Gasteiger partial charge in [0, 0.05) is 7.05 Å². The van der Waals surface area contributed by atoms with E-state index >= 15 is 0 Å². The average molecular weight is 189 g/mol. The smallest absolute Gasteiger partial charge is 0.113 e. The first kappa shape index (κ1) is 9.19. The Hall–Kier alpha value is -1.38. The van der Waals surface area contributed by atoms with Crippen molar-refractivity contribution >= 4 is 11.0 Å². The van der Waals surface area contributed by atoms with Crippen LogP contribution in [0.1, 0.15) is 26.3 Å². The van der Waals surface area contributed by atoms with Crippen molar-refractivity contribution in [3.63, 3.8) is 0 Å². The third kappa shape index (κ3) is 1.29. The molecule has 0 bridgehead atoms. The topological polar surface area (TPSA) is 30.7 Å². The summed E-state index contributed by atoms with van der Waals surface area (Å²) < 4.78 is 1.84. The lowest BCUT2D eigenvalue weighted by molar-refractivity contribution is 0.589. The Kier molecular flexibility index (Phi) is 1.84. The summed E-state index contributed by atoms with van der Waals surface area (Å²) in [5, 5.41) is 8.14. The van der Waals surface area contributed by atoms with Gasteiger partial charge in [-0.15, -0.1) is 5.10 Å². The van der Waals surface area contributed by atoms with Gasteiger partial charge in [-0.2, -0.15) is 0 Å². The van der Waals surface area contributed by atoms with Crippen molar-refractivity contribution in [1.29, 1.82) is 0 Å². The molecule has 0 amide bonds. The van der Waals surface area contributed by atoms with Gasteiger partial charge < -0.3 is 0 Å². The zero-order valence-corrected chi connectivity index (χ0v) is 9.07. The number of nitrogens with zero attached hydrogens (tertiary/aromatic N) is 3. The van der Waals surface area contributed by atoms with Crippen LogP contribution < -0.4 is 0 Å². The molecule has 0 aliphatic heterocycles. The highest BCUT2D eigenvalue weighted by Crippen LogP contribution is 2.28. The van der Waals surface area contributed by atoms with E-state index in [9.17, 15) is 0 Å². The van der Waals surface area contributed by atoms with Crippen molar-refractivity contribution in [2.45, 2.75) is 26.2 Å². The molecule has 2 rings (SSSR count). The Morgan fingerprint density at radius 2 is 1.93 bits per heavy atom. The van der Waals surface area contributed by atoms with Gasteiger partial charge in [0.15, 0.2) is 0 Å². The summed E-state index contributed by atoms with van der Waals surface area (Å²) in [4.78, 5) is 0. The standard InChI is InChI=1S/C11H15N3/c1-11(2,3)8-6-5-7-9-10(8)14(4)13-12-9/h5-7H,1-4H3. The number of fused-ring (bicyclic) bond motifs is 1. The highest BCUT2D eigenvalue weighted by atomic mass is 15.4. The first-order valence-electron chi connectivity index (χ1n) is 4.79. The van der Waals surface area contributed by atoms with E-state index in [1.165, 1.54) is 5.56 Å². The number of rotatable bonds is 0. The predicted molar refractivity (Wildman–Crippen MR) is 57.2 cm³/mol. The van der Waals surface area contributed by atoms with Crippen LogP contribution in [0.3, 0.4) is 0 Å². The van der Waals surface area contributed by atoms with Crippen LogP contribution in [0.4, 0.5) is 0 Å². The van der Waals surface area contributed by atoms with Crippen LogP contribution in [0, 0.1) is 0 Å². The summed E-state index contributed by atoms with van der Waals surface area (Å²) in [5.74, 6) is 0. The molecule has 3 heteroatoms. The SMILES string of the molecule is Cn1nnc2cccc(C(C)(C)C)c21. The highest BCUT2D eigenvalue weighted by molar-refractivity contribution is 5.79. The van der Waals surface area contributed by atoms with Crippen molar-refractivity contribution < 1.29 is 0 Å². The Bertz CT molecular complexity index is 463. The molecule has 0 saturated heterocycles. The van der Waals surface area contributed by atoms with Crippen LogP contribution in [0.2, 0.25) is 0 Å². The minimum atomic E-state index is 0.134. The number of para-hydroxylation sites is 1. The lowest BCUT2D eigenvalue weighted by Gasteiger charge is -2.19. The van der Waals surface area contributed by atoms with E-state index in [4.69, 9.17) is 0 Å². The molecular formula is C11H15N3. The molecule has 3 nitrogen and oxygen atoms in total. The second-order valence-electron chi connectivity index (χ2n) is 4.64. The molecule has 1 heterocycles. The molecule has 2 aromatic rings. The van der Waals surface area contributed by atoms with Crippen molar-refractivity contribution in [2.24, 2.45) is 7.05 Å². The third-order valence-electron chi connectivity index (χ3n) is 2.43. The van der Waals surface area contributed by atoms with Gasteiger partial charge in [-0.1, -0.05) is 38.1 Å². The third-order valence-corrected chi connectivity index (χ3v) is 2.43. The molecule has 0 saturated carbocycles. The first-order valence-corrected chi connectivity index (χ1v) is 4.79. The highest BCUT2D eigenvalue weighted by Gasteiger charge is 2.18. The minimum Gasteiger partial charge on any atom is -0.247 e. The first-order chi connectivity index (χ1) is 6.50. The molecule has 0 aliphatic rings. The molecular weight excluding hydrogens is 174 g/mol. The lowest BCUT2D eigenvalue weighted by atomic mass is 9.86. The minimum absolute atomic E-state index is 0.134. The van der Waals surface area contributed by atoms with Crippen LogP contribution >= 0.6 is 0 Å². The normalized spacial score (nSPS) is 12.3. The summed E-state index contributed by atoms with van der Waals surface area (Å²) in [7, 11) is 1.94. The summed E-state index contributed by atoms with van der Waals surface area (Å²) >= 11 is 0. The molecule has 0 N–H and O–H groups in total. The van der Waals surface area contributed by atoms with Crippen molar-refractivity contribution in [2.75, 3.05) is 0 Å². The van der Waals surface area contributed by atoms with E-state index < -0.39 is 0 Å². The van der Waals surface area contributed by atoms with Gasteiger partial charge in [0.25, 0.3) is 0 Å². The van der Waals surface area contributed by atoms with Gasteiger partial charge in [0.05, 0.1) is 5.52 Å². The second-order valence-corrected chi connectivity index (χ2v) is 4.64. The van der Waals surface area contributed by atoms with Crippen LogP contribution in [-0.4, -0.2) is 15.0 Å². The molecule has 1 aromatic heterocycles. The summed E-state index contributed by atoms with van der Waals surface area (Å²) in [6.07, 6.45) is 0. The summed E-state index contributed by atoms with van der Waals surface area (Å²) in [6, 6.07) is 6.18. The molecule has 0 aliphatic carbocycles. The van der Waals surface area contributed by atoms with Crippen LogP contribution in [0.5, 0.6) is 0 Å². The molecule has 0 spiro atoms. The zero-order valence-electron chi connectivity index (χ0n) is 9.07. The maximum Gasteiger partial charge on any atom is 0.113 e. The average Bonchev–Trinajstić information content (AvgIpc) is 2.46. The van der Waals surface area contributed by atoms with Gasteiger partial charge in [-0.05, 0) is 17.0 Å². The Labute approximate surface area is 83.7 Å². The monoisotopic (exact) mass is 189 g/mol. The number of benzene rings is 1. The van der Waals surface area contributed by atoms with Gasteiger partial charge in [-0.25, -0.2) is 4.68 Å². The second kappa shape index (κ2) is 2.80. The maximum atomic E-state index is 4.11. The van der Waals surface area contributed by atoms with E-state index in [0.29, 0.717) is 0 Å². The fourth-order valence-corrected chi connectivity index (χ4v) is 1.72. The van der Waals surface area contributed by atoms with Crippen LogP contribution in [-0.2, 0) is 12.5 Å². The lowest BCUT2D eigenvalue weighted by Crippen LogP contribution is -2.12. The van der Waals surface area contributed by atoms with Gasteiger partial charge >= 0.3 is 0 Å². The van der Waals surface area contributed by atoms with Gasteiger partial charge in [-0.3, -0.25) is 0 Å². The van der Waals surface area contributed by atoms with E-state index in [2.05, 4.69) is 37.1 Å². The molecule has 0 unspecified atom stereocenters. The van der Waals surface area contributed by atoms with E-state index in [1.54, 1.807) is 0 Å². The van der Waals surface area contributed by atoms with Crippen LogP contribution in [0.15, 0.2) is 18.2 Å². The Balaban J connectivity index is 2.82. The van der Waals surface area contributed by atoms with Crippen molar-refractivity contribution in [3.8, 4) is 0 Å².